The van der Waals surface area contributed by atoms with Gasteiger partial charge in [-0.05, 0) is 60.3 Å². The fraction of sp³-hybridized carbons (Fsp3) is 0.462. The number of halogens is 1. The molecule has 0 radical (unpaired) electrons. The molecule has 3 aromatic rings. The van der Waals surface area contributed by atoms with Crippen LogP contribution in [0, 0.1) is 16.6 Å². The molecular weight excluding hydrogens is 359 g/mol. The minimum atomic E-state index is -0.185. The molecule has 29 heavy (non-hydrogen) atoms. The Bertz CT molecular complexity index is 1050. The van der Waals surface area contributed by atoms with Crippen molar-refractivity contribution in [1.29, 1.82) is 0 Å². The minimum absolute atomic E-state index is 0.185. The van der Waals surface area contributed by atoms with Gasteiger partial charge in [-0.15, -0.1) is 0 Å². The van der Waals surface area contributed by atoms with Gasteiger partial charge in [-0.3, -0.25) is 4.90 Å². The highest BCUT2D eigenvalue weighted by Crippen LogP contribution is 2.52. The molecule has 1 aliphatic carbocycles. The van der Waals surface area contributed by atoms with Crippen LogP contribution in [-0.4, -0.2) is 29.0 Å². The molecule has 1 N–H and O–H groups in total. The predicted molar refractivity (Wildman–Crippen MR) is 118 cm³/mol. The summed E-state index contributed by atoms with van der Waals surface area (Å²) in [5, 5.41) is 1.26. The van der Waals surface area contributed by atoms with Crippen LogP contribution in [0.1, 0.15) is 45.6 Å². The fourth-order valence-electron chi connectivity index (χ4n) is 6.44. The molecule has 2 aliphatic rings. The second-order valence-electron chi connectivity index (χ2n) is 10.5. The Kier molecular flexibility index (Phi) is 4.36. The van der Waals surface area contributed by atoms with Crippen molar-refractivity contribution in [2.24, 2.45) is 10.8 Å². The highest BCUT2D eigenvalue weighted by atomic mass is 19.1. The second-order valence-corrected chi connectivity index (χ2v) is 10.5. The first-order valence-electron chi connectivity index (χ1n) is 10.9. The van der Waals surface area contributed by atoms with E-state index < -0.39 is 0 Å². The van der Waals surface area contributed by atoms with Gasteiger partial charge in [0.2, 0.25) is 0 Å². The molecule has 0 spiro atoms. The molecule has 5 rings (SSSR count). The second kappa shape index (κ2) is 6.70. The first-order chi connectivity index (χ1) is 13.8. The molecular formula is C26H31FN2. The van der Waals surface area contributed by atoms with E-state index in [1.165, 1.54) is 42.8 Å². The van der Waals surface area contributed by atoms with Crippen LogP contribution in [0.5, 0.6) is 0 Å². The molecule has 1 saturated heterocycles. The lowest BCUT2D eigenvalue weighted by atomic mass is 9.65. The molecule has 2 bridgehead atoms. The number of aromatic amines is 1. The SMILES string of the molecule is CC1(C)CC2CC(C)(CN2CCc2c(-c3cccc(F)c3)[nH]c3ccccc23)C1. The lowest BCUT2D eigenvalue weighted by molar-refractivity contribution is 0.127. The van der Waals surface area contributed by atoms with Gasteiger partial charge in [0.15, 0.2) is 0 Å². The van der Waals surface area contributed by atoms with Crippen LogP contribution in [-0.2, 0) is 6.42 Å². The summed E-state index contributed by atoms with van der Waals surface area (Å²) in [6.45, 7) is 9.62. The Hall–Kier alpha value is -2.13. The molecule has 1 aliphatic heterocycles. The van der Waals surface area contributed by atoms with E-state index in [2.05, 4.69) is 54.9 Å². The first-order valence-corrected chi connectivity index (χ1v) is 10.9. The summed E-state index contributed by atoms with van der Waals surface area (Å²) in [5.74, 6) is -0.185. The van der Waals surface area contributed by atoms with Gasteiger partial charge in [0.25, 0.3) is 0 Å². The molecule has 2 nitrogen and oxygen atoms in total. The lowest BCUT2D eigenvalue weighted by Crippen LogP contribution is -2.35. The van der Waals surface area contributed by atoms with Crippen molar-refractivity contribution in [2.45, 2.75) is 52.5 Å². The van der Waals surface area contributed by atoms with Crippen molar-refractivity contribution in [3.05, 3.63) is 59.9 Å². The van der Waals surface area contributed by atoms with Crippen molar-refractivity contribution in [1.82, 2.24) is 9.88 Å². The Morgan fingerprint density at radius 2 is 1.90 bits per heavy atom. The quantitative estimate of drug-likeness (QED) is 0.545. The summed E-state index contributed by atoms with van der Waals surface area (Å²) in [6, 6.07) is 16.1. The number of fused-ring (bicyclic) bond motifs is 3. The molecule has 1 saturated carbocycles. The molecule has 2 aromatic carbocycles. The summed E-state index contributed by atoms with van der Waals surface area (Å²) in [5.41, 5.74) is 5.36. The van der Waals surface area contributed by atoms with E-state index in [0.717, 1.165) is 29.7 Å². The maximum atomic E-state index is 13.9. The highest BCUT2D eigenvalue weighted by molar-refractivity contribution is 5.90. The van der Waals surface area contributed by atoms with E-state index in [1.807, 2.05) is 6.07 Å². The number of aromatic nitrogens is 1. The minimum Gasteiger partial charge on any atom is -0.354 e. The molecule has 2 fully saturated rings. The number of para-hydroxylation sites is 1. The van der Waals surface area contributed by atoms with Crippen molar-refractivity contribution in [3.8, 4) is 11.3 Å². The summed E-state index contributed by atoms with van der Waals surface area (Å²) < 4.78 is 13.9. The summed E-state index contributed by atoms with van der Waals surface area (Å²) in [4.78, 5) is 6.29. The van der Waals surface area contributed by atoms with E-state index in [1.54, 1.807) is 12.1 Å². The Labute approximate surface area is 173 Å². The zero-order chi connectivity index (χ0) is 20.2. The largest absolute Gasteiger partial charge is 0.354 e. The summed E-state index contributed by atoms with van der Waals surface area (Å²) in [7, 11) is 0. The van der Waals surface area contributed by atoms with Gasteiger partial charge < -0.3 is 4.98 Å². The molecule has 152 valence electrons. The molecule has 3 heteroatoms. The van der Waals surface area contributed by atoms with Gasteiger partial charge in [-0.2, -0.15) is 0 Å². The zero-order valence-corrected chi connectivity index (χ0v) is 17.8. The Morgan fingerprint density at radius 1 is 1.07 bits per heavy atom. The normalized spacial score (nSPS) is 26.3. The fourth-order valence-corrected chi connectivity index (χ4v) is 6.44. The number of H-pyrrole nitrogens is 1. The summed E-state index contributed by atoms with van der Waals surface area (Å²) in [6.07, 6.45) is 4.95. The van der Waals surface area contributed by atoms with Crippen LogP contribution in [0.2, 0.25) is 0 Å². The van der Waals surface area contributed by atoms with Crippen molar-refractivity contribution in [3.63, 3.8) is 0 Å². The van der Waals surface area contributed by atoms with E-state index in [4.69, 9.17) is 0 Å². The van der Waals surface area contributed by atoms with Gasteiger partial charge in [-0.1, -0.05) is 51.1 Å². The zero-order valence-electron chi connectivity index (χ0n) is 17.8. The van der Waals surface area contributed by atoms with Crippen LogP contribution < -0.4 is 0 Å². The van der Waals surface area contributed by atoms with Gasteiger partial charge in [-0.25, -0.2) is 4.39 Å². The van der Waals surface area contributed by atoms with Crippen molar-refractivity contribution < 1.29 is 4.39 Å². The molecule has 2 unspecified atom stereocenters. The smallest absolute Gasteiger partial charge is 0.123 e. The van der Waals surface area contributed by atoms with Crippen LogP contribution in [0.3, 0.4) is 0 Å². The third kappa shape index (κ3) is 3.50. The number of rotatable bonds is 4. The predicted octanol–water partition coefficient (Wildman–Crippen LogP) is 6.42. The monoisotopic (exact) mass is 390 g/mol. The van der Waals surface area contributed by atoms with E-state index in [-0.39, 0.29) is 5.82 Å². The number of likely N-dealkylation sites (tertiary alicyclic amines) is 1. The van der Waals surface area contributed by atoms with E-state index in [0.29, 0.717) is 16.9 Å². The third-order valence-corrected chi connectivity index (χ3v) is 7.10. The highest BCUT2D eigenvalue weighted by Gasteiger charge is 2.49. The number of benzene rings is 2. The number of nitrogens with one attached hydrogen (secondary N) is 1. The molecule has 1 aromatic heterocycles. The standard InChI is InChI=1S/C26H31FN2/c1-25(2)14-20-15-26(3,16-25)17-29(20)12-11-22-21-9-4-5-10-23(21)28-24(22)18-7-6-8-19(27)13-18/h4-10,13,20,28H,11-12,14-17H2,1-3H3. The average molecular weight is 391 g/mol. The van der Waals surface area contributed by atoms with E-state index >= 15 is 0 Å². The van der Waals surface area contributed by atoms with Gasteiger partial charge in [0.1, 0.15) is 5.82 Å². The van der Waals surface area contributed by atoms with Crippen LogP contribution in [0.4, 0.5) is 4.39 Å². The molecule has 0 amide bonds. The number of nitrogens with zero attached hydrogens (tertiary/aromatic N) is 1. The summed E-state index contributed by atoms with van der Waals surface area (Å²) >= 11 is 0. The van der Waals surface area contributed by atoms with Gasteiger partial charge in [0, 0.05) is 41.3 Å². The van der Waals surface area contributed by atoms with Gasteiger partial charge in [0.05, 0.1) is 0 Å². The third-order valence-electron chi connectivity index (χ3n) is 7.10. The van der Waals surface area contributed by atoms with E-state index in [9.17, 15) is 4.39 Å². The lowest BCUT2D eigenvalue weighted by Gasteiger charge is -2.40. The first kappa shape index (κ1) is 18.9. The Morgan fingerprint density at radius 3 is 2.72 bits per heavy atom. The molecule has 2 atom stereocenters. The maximum absolute atomic E-state index is 13.9. The maximum Gasteiger partial charge on any atom is 0.123 e. The van der Waals surface area contributed by atoms with Crippen LogP contribution >= 0.6 is 0 Å². The van der Waals surface area contributed by atoms with Crippen molar-refractivity contribution in [2.75, 3.05) is 13.1 Å². The van der Waals surface area contributed by atoms with Crippen LogP contribution in [0.15, 0.2) is 48.5 Å². The topological polar surface area (TPSA) is 19.0 Å². The average Bonchev–Trinajstić information content (AvgIpc) is 3.13. The number of hydrogen-bond donors (Lipinski definition) is 1. The Balaban J connectivity index is 1.46. The van der Waals surface area contributed by atoms with Crippen molar-refractivity contribution >= 4 is 10.9 Å². The number of hydrogen-bond acceptors (Lipinski definition) is 1. The molecule has 2 heterocycles. The van der Waals surface area contributed by atoms with Gasteiger partial charge >= 0.3 is 0 Å². The van der Waals surface area contributed by atoms with Crippen LogP contribution in [0.25, 0.3) is 22.2 Å².